The topological polar surface area (TPSA) is 59.1 Å². The highest BCUT2D eigenvalue weighted by Gasteiger charge is 2.14. The van der Waals surface area contributed by atoms with Gasteiger partial charge in [-0.15, -0.1) is 0 Å². The zero-order chi connectivity index (χ0) is 45.4. The predicted molar refractivity (Wildman–Crippen MR) is 271 cm³/mol. The molecule has 370 valence electrons. The molecule has 0 radical (unpaired) electrons. The maximum absolute atomic E-state index is 12.6. The third-order valence-electron chi connectivity index (χ3n) is 13.4. The van der Waals surface area contributed by atoms with Crippen LogP contribution in [-0.2, 0) is 19.1 Å². The Kier molecular flexibility index (Phi) is 48.4. The van der Waals surface area contributed by atoms with Gasteiger partial charge in [-0.1, -0.05) is 220 Å². The molecule has 0 aliphatic rings. The first-order valence-corrected chi connectivity index (χ1v) is 28.0. The molecule has 0 aromatic carbocycles. The molecule has 0 aromatic rings. The van der Waals surface area contributed by atoms with Crippen LogP contribution in [0.1, 0.15) is 285 Å². The summed E-state index contributed by atoms with van der Waals surface area (Å²) < 4.78 is 11.7. The van der Waals surface area contributed by atoms with E-state index in [0.717, 1.165) is 38.8 Å². The van der Waals surface area contributed by atoms with Crippen LogP contribution in [0.3, 0.4) is 0 Å². The van der Waals surface area contributed by atoms with Crippen molar-refractivity contribution >= 4 is 11.9 Å². The number of carbonyl (C=O) groups is 2. The normalized spacial score (nSPS) is 12.7. The first kappa shape index (κ1) is 60.9. The van der Waals surface area contributed by atoms with Gasteiger partial charge in [-0.2, -0.15) is 0 Å². The van der Waals surface area contributed by atoms with Crippen molar-refractivity contribution in [2.24, 2.45) is 11.8 Å². The van der Waals surface area contributed by atoms with Crippen LogP contribution in [-0.4, -0.2) is 75.2 Å². The molecule has 0 rings (SSSR count). The summed E-state index contributed by atoms with van der Waals surface area (Å²) in [6.07, 6.45) is 49.6. The van der Waals surface area contributed by atoms with Gasteiger partial charge in [-0.3, -0.25) is 9.59 Å². The van der Waals surface area contributed by atoms with E-state index in [-0.39, 0.29) is 11.9 Å². The van der Waals surface area contributed by atoms with Crippen molar-refractivity contribution in [3.8, 4) is 0 Å². The van der Waals surface area contributed by atoms with E-state index in [0.29, 0.717) is 37.9 Å². The highest BCUT2D eigenvalue weighted by Crippen LogP contribution is 2.22. The lowest BCUT2D eigenvalue weighted by Crippen LogP contribution is -2.33. The summed E-state index contributed by atoms with van der Waals surface area (Å²) in [5, 5.41) is 0. The second kappa shape index (κ2) is 49.3. The Morgan fingerprint density at radius 3 is 0.935 bits per heavy atom. The van der Waals surface area contributed by atoms with Crippen LogP contribution in [0.5, 0.6) is 0 Å². The van der Waals surface area contributed by atoms with E-state index in [9.17, 15) is 9.59 Å². The predicted octanol–water partition coefficient (Wildman–Crippen LogP) is 16.9. The molecule has 0 spiro atoms. The molecule has 0 saturated carbocycles. The standard InChI is InChI=1S/C56H112N2O4/c1-7-11-15-19-21-23-28-36-44-54(42-34-18-14-10-4)52-62-56(60)46-38-30-26-32-40-48-58(50-49-57(5)6)47-39-31-25-22-24-29-37-45-55(59)61-51-53(41-33-17-13-9-3)43-35-27-20-16-12-8-2/h53-54H,7-52H2,1-6H3. The van der Waals surface area contributed by atoms with Crippen molar-refractivity contribution in [2.45, 2.75) is 285 Å². The SMILES string of the molecule is CCCCCCCCCCC(CCCCCC)COC(=O)CCCCCCCN(CCCCCCCCCC(=O)OCC(CCCCCC)CCCCCCCC)CCN(C)C. The van der Waals surface area contributed by atoms with Crippen LogP contribution in [0.4, 0.5) is 0 Å². The molecule has 0 aliphatic heterocycles. The molecule has 0 N–H and O–H groups in total. The van der Waals surface area contributed by atoms with Crippen LogP contribution in [0.2, 0.25) is 0 Å². The first-order valence-electron chi connectivity index (χ1n) is 28.0. The molecule has 0 aromatic heterocycles. The Labute approximate surface area is 389 Å². The molecule has 0 aliphatic carbocycles. The molecule has 62 heavy (non-hydrogen) atoms. The summed E-state index contributed by atoms with van der Waals surface area (Å²) in [5.74, 6) is 1.16. The Hall–Kier alpha value is -1.14. The second-order valence-electron chi connectivity index (χ2n) is 20.0. The summed E-state index contributed by atoms with van der Waals surface area (Å²) in [6, 6.07) is 0. The van der Waals surface area contributed by atoms with Gasteiger partial charge in [0.25, 0.3) is 0 Å². The van der Waals surface area contributed by atoms with E-state index < -0.39 is 0 Å². The zero-order valence-corrected chi connectivity index (χ0v) is 43.2. The second-order valence-corrected chi connectivity index (χ2v) is 20.0. The fraction of sp³-hybridized carbons (Fsp3) is 0.964. The number of nitrogens with zero attached hydrogens (tertiary/aromatic N) is 2. The van der Waals surface area contributed by atoms with Gasteiger partial charge in [0.2, 0.25) is 0 Å². The maximum atomic E-state index is 12.6. The van der Waals surface area contributed by atoms with Gasteiger partial charge in [0.05, 0.1) is 13.2 Å². The Balaban J connectivity index is 4.17. The van der Waals surface area contributed by atoms with Crippen molar-refractivity contribution in [1.29, 1.82) is 0 Å². The number of ether oxygens (including phenoxy) is 2. The summed E-state index contributed by atoms with van der Waals surface area (Å²) in [4.78, 5) is 30.2. The van der Waals surface area contributed by atoms with Gasteiger partial charge in [0.1, 0.15) is 0 Å². The molecule has 2 atom stereocenters. The van der Waals surface area contributed by atoms with E-state index in [1.165, 1.54) is 231 Å². The largest absolute Gasteiger partial charge is 0.465 e. The third kappa shape index (κ3) is 45.4. The fourth-order valence-corrected chi connectivity index (χ4v) is 8.99. The maximum Gasteiger partial charge on any atom is 0.305 e. The number of hydrogen-bond acceptors (Lipinski definition) is 6. The van der Waals surface area contributed by atoms with E-state index >= 15 is 0 Å². The molecule has 0 amide bonds. The number of rotatable bonds is 51. The van der Waals surface area contributed by atoms with Crippen molar-refractivity contribution in [3.63, 3.8) is 0 Å². The minimum absolute atomic E-state index is 0.0278. The van der Waals surface area contributed by atoms with E-state index in [4.69, 9.17) is 9.47 Å². The molecule has 6 nitrogen and oxygen atoms in total. The number of esters is 2. The van der Waals surface area contributed by atoms with Crippen LogP contribution < -0.4 is 0 Å². The van der Waals surface area contributed by atoms with E-state index in [1.54, 1.807) is 0 Å². The van der Waals surface area contributed by atoms with Crippen molar-refractivity contribution in [3.05, 3.63) is 0 Å². The van der Waals surface area contributed by atoms with Crippen LogP contribution >= 0.6 is 0 Å². The summed E-state index contributed by atoms with van der Waals surface area (Å²) in [7, 11) is 4.36. The van der Waals surface area contributed by atoms with Crippen molar-refractivity contribution < 1.29 is 19.1 Å². The summed E-state index contributed by atoms with van der Waals surface area (Å²) >= 11 is 0. The average Bonchev–Trinajstić information content (AvgIpc) is 3.26. The highest BCUT2D eigenvalue weighted by molar-refractivity contribution is 5.69. The molecule has 2 unspecified atom stereocenters. The minimum atomic E-state index is 0.0278. The lowest BCUT2D eigenvalue weighted by Gasteiger charge is -2.24. The van der Waals surface area contributed by atoms with Gasteiger partial charge in [-0.05, 0) is 90.4 Å². The lowest BCUT2D eigenvalue weighted by molar-refractivity contribution is -0.146. The van der Waals surface area contributed by atoms with Crippen molar-refractivity contribution in [1.82, 2.24) is 9.80 Å². The van der Waals surface area contributed by atoms with Gasteiger partial charge in [0, 0.05) is 25.9 Å². The smallest absolute Gasteiger partial charge is 0.305 e. The van der Waals surface area contributed by atoms with Gasteiger partial charge < -0.3 is 19.3 Å². The van der Waals surface area contributed by atoms with Gasteiger partial charge >= 0.3 is 11.9 Å². The molecule has 0 bridgehead atoms. The summed E-state index contributed by atoms with van der Waals surface area (Å²) in [6.45, 7) is 15.0. The first-order chi connectivity index (χ1) is 30.4. The molecule has 6 heteroatoms. The quantitative estimate of drug-likeness (QED) is 0.0448. The number of hydrogen-bond donors (Lipinski definition) is 0. The fourth-order valence-electron chi connectivity index (χ4n) is 8.99. The molecular weight excluding hydrogens is 765 g/mol. The van der Waals surface area contributed by atoms with Crippen LogP contribution in [0.15, 0.2) is 0 Å². The van der Waals surface area contributed by atoms with E-state index in [1.807, 2.05) is 0 Å². The lowest BCUT2D eigenvalue weighted by atomic mass is 9.95. The monoisotopic (exact) mass is 877 g/mol. The number of likely N-dealkylation sites (N-methyl/N-ethyl adjacent to an activating group) is 1. The molecule has 0 fully saturated rings. The molecule has 0 heterocycles. The Bertz CT molecular complexity index is 912. The minimum Gasteiger partial charge on any atom is -0.465 e. The Morgan fingerprint density at radius 2 is 0.613 bits per heavy atom. The van der Waals surface area contributed by atoms with Gasteiger partial charge in [0.15, 0.2) is 0 Å². The third-order valence-corrected chi connectivity index (χ3v) is 13.4. The molecular formula is C56H112N2O4. The van der Waals surface area contributed by atoms with Crippen LogP contribution in [0.25, 0.3) is 0 Å². The Morgan fingerprint density at radius 1 is 0.339 bits per heavy atom. The number of unbranched alkanes of at least 4 members (excludes halogenated alkanes) is 28. The van der Waals surface area contributed by atoms with E-state index in [2.05, 4.69) is 51.6 Å². The number of carbonyl (C=O) groups excluding carboxylic acids is 2. The average molecular weight is 878 g/mol. The summed E-state index contributed by atoms with van der Waals surface area (Å²) in [5.41, 5.74) is 0. The molecule has 0 saturated heterocycles. The van der Waals surface area contributed by atoms with Gasteiger partial charge in [-0.25, -0.2) is 0 Å². The highest BCUT2D eigenvalue weighted by atomic mass is 16.5. The zero-order valence-electron chi connectivity index (χ0n) is 43.2. The van der Waals surface area contributed by atoms with Crippen molar-refractivity contribution in [2.75, 3.05) is 53.5 Å². The van der Waals surface area contributed by atoms with Crippen LogP contribution in [0, 0.1) is 11.8 Å².